The molecule has 1 aliphatic heterocycles. The van der Waals surface area contributed by atoms with Crippen LogP contribution in [0.5, 0.6) is 0 Å². The highest BCUT2D eigenvalue weighted by molar-refractivity contribution is 6.52. The van der Waals surface area contributed by atoms with Crippen molar-refractivity contribution in [1.82, 2.24) is 15.5 Å². The number of hydrogen-bond donors (Lipinski definition) is 3. The van der Waals surface area contributed by atoms with Crippen molar-refractivity contribution in [1.29, 1.82) is 0 Å². The first-order valence-electron chi connectivity index (χ1n) is 8.86. The van der Waals surface area contributed by atoms with Gasteiger partial charge < -0.3 is 20.3 Å². The van der Waals surface area contributed by atoms with Gasteiger partial charge in [0.25, 0.3) is 0 Å². The van der Waals surface area contributed by atoms with Gasteiger partial charge in [0, 0.05) is 19.3 Å². The van der Waals surface area contributed by atoms with Gasteiger partial charge in [0.15, 0.2) is 0 Å². The summed E-state index contributed by atoms with van der Waals surface area (Å²) in [6.45, 7) is 10.4. The first-order chi connectivity index (χ1) is 11.4. The lowest BCUT2D eigenvalue weighted by molar-refractivity contribution is 0.00634. The van der Waals surface area contributed by atoms with Crippen LogP contribution >= 0.6 is 0 Å². The van der Waals surface area contributed by atoms with Gasteiger partial charge in [-0.15, -0.1) is 0 Å². The molecule has 0 saturated carbocycles. The van der Waals surface area contributed by atoms with Gasteiger partial charge in [-0.25, -0.2) is 8.78 Å². The summed E-state index contributed by atoms with van der Waals surface area (Å²) in [4.78, 5) is 1.97. The molecule has 0 bridgehead atoms. The van der Waals surface area contributed by atoms with Crippen LogP contribution < -0.4 is 10.6 Å². The number of halogens is 2. The molecule has 0 aromatic heterocycles. The van der Waals surface area contributed by atoms with Gasteiger partial charge in [0.05, 0.1) is 11.0 Å². The van der Waals surface area contributed by atoms with E-state index in [1.165, 1.54) is 13.1 Å². The highest BCUT2D eigenvalue weighted by Crippen LogP contribution is 2.42. The molecule has 1 heterocycles. The van der Waals surface area contributed by atoms with E-state index >= 15 is 0 Å². The molecule has 0 aliphatic carbocycles. The van der Waals surface area contributed by atoms with Crippen molar-refractivity contribution in [3.63, 3.8) is 0 Å². The van der Waals surface area contributed by atoms with Crippen LogP contribution in [-0.2, 0) is 4.65 Å². The summed E-state index contributed by atoms with van der Waals surface area (Å²) in [6, 6.07) is -0.131. The zero-order valence-electron chi connectivity index (χ0n) is 16.6. The van der Waals surface area contributed by atoms with Crippen LogP contribution in [0.4, 0.5) is 8.78 Å². The molecule has 0 spiro atoms. The van der Waals surface area contributed by atoms with Crippen LogP contribution in [0.25, 0.3) is 0 Å². The van der Waals surface area contributed by atoms with Crippen LogP contribution in [0.15, 0.2) is 11.7 Å². The molecule has 2 unspecified atom stereocenters. The number of nitrogens with zero attached hydrogens (tertiary/aromatic N) is 1. The number of nitrogens with one attached hydrogen (secondary N) is 2. The second kappa shape index (κ2) is 8.80. The van der Waals surface area contributed by atoms with E-state index in [-0.39, 0.29) is 23.9 Å². The molecule has 0 amide bonds. The van der Waals surface area contributed by atoms with Crippen molar-refractivity contribution in [3.05, 3.63) is 11.7 Å². The van der Waals surface area contributed by atoms with Gasteiger partial charge in [-0.1, -0.05) is 20.8 Å². The second-order valence-corrected chi connectivity index (χ2v) is 8.31. The van der Waals surface area contributed by atoms with E-state index in [0.29, 0.717) is 13.2 Å². The Morgan fingerprint density at radius 3 is 2.56 bits per heavy atom. The topological polar surface area (TPSA) is 56.8 Å². The van der Waals surface area contributed by atoms with Crippen molar-refractivity contribution in [2.75, 3.05) is 27.3 Å². The summed E-state index contributed by atoms with van der Waals surface area (Å²) in [7, 11) is 2.51. The van der Waals surface area contributed by atoms with Gasteiger partial charge >= 0.3 is 7.12 Å². The van der Waals surface area contributed by atoms with E-state index in [1.54, 1.807) is 0 Å². The third kappa shape index (κ3) is 5.91. The Kier molecular flexibility index (Phi) is 7.86. The molecule has 0 aromatic rings. The summed E-state index contributed by atoms with van der Waals surface area (Å²) in [5.41, 5.74) is -1.84. The van der Waals surface area contributed by atoms with Crippen LogP contribution in [-0.4, -0.2) is 62.4 Å². The van der Waals surface area contributed by atoms with Crippen molar-refractivity contribution in [2.24, 2.45) is 11.3 Å². The standard InChI is InChI=1S/C17H34BF2N3O2/c1-12(2)16(3,4)25-18(24)14-10-22-13(9-21-11-23(6)7)8-17(14,5)15(19)20/h10,12-13,15,21-22,24H,8-9,11H2,1-7H3. The lowest BCUT2D eigenvalue weighted by Gasteiger charge is -2.41. The maximum absolute atomic E-state index is 13.9. The fourth-order valence-corrected chi connectivity index (χ4v) is 2.71. The summed E-state index contributed by atoms with van der Waals surface area (Å²) in [5, 5.41) is 16.8. The van der Waals surface area contributed by atoms with Gasteiger partial charge in [-0.2, -0.15) is 0 Å². The highest BCUT2D eigenvalue weighted by atomic mass is 19.3. The smallest absolute Gasteiger partial charge is 0.423 e. The SMILES string of the molecule is CC(C)C(C)(C)OB(O)C1=CNC(CNCN(C)C)CC1(C)C(F)F. The number of hydrogen-bond acceptors (Lipinski definition) is 5. The van der Waals surface area contributed by atoms with Crippen LogP contribution in [0.1, 0.15) is 41.0 Å². The summed E-state index contributed by atoms with van der Waals surface area (Å²) in [6.07, 6.45) is -0.851. The van der Waals surface area contributed by atoms with E-state index < -0.39 is 24.6 Å². The van der Waals surface area contributed by atoms with E-state index in [1.807, 2.05) is 46.7 Å². The third-order valence-corrected chi connectivity index (χ3v) is 5.18. The number of rotatable bonds is 9. The Morgan fingerprint density at radius 1 is 1.48 bits per heavy atom. The molecule has 0 fully saturated rings. The molecule has 0 aromatic carbocycles. The van der Waals surface area contributed by atoms with Crippen molar-refractivity contribution in [3.8, 4) is 0 Å². The Hall–Kier alpha value is -0.695. The van der Waals surface area contributed by atoms with Crippen molar-refractivity contribution >= 4 is 7.12 Å². The van der Waals surface area contributed by atoms with Gasteiger partial charge in [-0.3, -0.25) is 4.90 Å². The number of allylic oxidation sites excluding steroid dienone is 1. The fourth-order valence-electron chi connectivity index (χ4n) is 2.71. The van der Waals surface area contributed by atoms with Crippen molar-refractivity contribution < 1.29 is 18.5 Å². The first-order valence-corrected chi connectivity index (χ1v) is 8.86. The maximum atomic E-state index is 13.9. The van der Waals surface area contributed by atoms with E-state index in [2.05, 4.69) is 10.6 Å². The predicted octanol–water partition coefficient (Wildman–Crippen LogP) is 2.08. The Labute approximate surface area is 151 Å². The van der Waals surface area contributed by atoms with E-state index in [4.69, 9.17) is 4.65 Å². The second-order valence-electron chi connectivity index (χ2n) is 8.31. The molecule has 2 atom stereocenters. The molecule has 1 aliphatic rings. The minimum atomic E-state index is -2.59. The zero-order chi connectivity index (χ0) is 19.4. The first kappa shape index (κ1) is 22.3. The minimum absolute atomic E-state index is 0.131. The third-order valence-electron chi connectivity index (χ3n) is 5.18. The molecule has 25 heavy (non-hydrogen) atoms. The zero-order valence-corrected chi connectivity index (χ0v) is 16.6. The predicted molar refractivity (Wildman–Crippen MR) is 98.3 cm³/mol. The summed E-state index contributed by atoms with van der Waals surface area (Å²) < 4.78 is 33.5. The highest BCUT2D eigenvalue weighted by Gasteiger charge is 2.48. The average molecular weight is 361 g/mol. The lowest BCUT2D eigenvalue weighted by Crippen LogP contribution is -2.52. The van der Waals surface area contributed by atoms with Crippen LogP contribution in [0, 0.1) is 11.3 Å². The molecule has 3 N–H and O–H groups in total. The average Bonchev–Trinajstić information content (AvgIpc) is 2.45. The van der Waals surface area contributed by atoms with E-state index in [9.17, 15) is 13.8 Å². The molecule has 0 radical (unpaired) electrons. The molecule has 5 nitrogen and oxygen atoms in total. The van der Waals surface area contributed by atoms with Crippen LogP contribution in [0.3, 0.4) is 0 Å². The monoisotopic (exact) mass is 361 g/mol. The minimum Gasteiger partial charge on any atom is -0.423 e. The van der Waals surface area contributed by atoms with Gasteiger partial charge in [0.2, 0.25) is 6.43 Å². The Bertz CT molecular complexity index is 461. The molecular weight excluding hydrogens is 327 g/mol. The van der Waals surface area contributed by atoms with E-state index in [0.717, 1.165) is 0 Å². The van der Waals surface area contributed by atoms with Gasteiger partial charge in [0.1, 0.15) is 0 Å². The summed E-state index contributed by atoms with van der Waals surface area (Å²) in [5.74, 6) is 0.139. The summed E-state index contributed by atoms with van der Waals surface area (Å²) >= 11 is 0. The largest absolute Gasteiger partial charge is 0.489 e. The fraction of sp³-hybridized carbons (Fsp3) is 0.882. The molecule has 0 saturated heterocycles. The number of alkyl halides is 2. The normalized spacial score (nSPS) is 24.7. The maximum Gasteiger partial charge on any atom is 0.489 e. The van der Waals surface area contributed by atoms with Crippen molar-refractivity contribution in [2.45, 2.75) is 59.1 Å². The molecule has 8 heteroatoms. The molecular formula is C17H34BF2N3O2. The van der Waals surface area contributed by atoms with Gasteiger partial charge in [-0.05, 0) is 52.0 Å². The Balaban J connectivity index is 2.88. The quantitative estimate of drug-likeness (QED) is 0.434. The lowest BCUT2D eigenvalue weighted by atomic mass is 9.59. The van der Waals surface area contributed by atoms with Crippen LogP contribution in [0.2, 0.25) is 0 Å². The molecule has 146 valence electrons. The Morgan fingerprint density at radius 2 is 2.08 bits per heavy atom. The molecule has 1 rings (SSSR count).